The molecule has 2 nitrogen and oxygen atoms in total. The Hall–Kier alpha value is -1.17. The van der Waals surface area contributed by atoms with Crippen LogP contribution in [0.15, 0.2) is 17.0 Å². The lowest BCUT2D eigenvalue weighted by Gasteiger charge is -2.30. The van der Waals surface area contributed by atoms with Gasteiger partial charge in [0.2, 0.25) is 5.78 Å². The van der Waals surface area contributed by atoms with Crippen LogP contribution in [0.4, 0.5) is 13.2 Å². The Balaban J connectivity index is 2.46. The van der Waals surface area contributed by atoms with Gasteiger partial charge in [-0.1, -0.05) is 13.8 Å². The molecule has 2 rings (SSSR count). The fourth-order valence-electron chi connectivity index (χ4n) is 2.71. The van der Waals surface area contributed by atoms with Crippen molar-refractivity contribution in [3.05, 3.63) is 23.3 Å². The van der Waals surface area contributed by atoms with E-state index >= 15 is 0 Å². The van der Waals surface area contributed by atoms with Crippen LogP contribution in [0.25, 0.3) is 0 Å². The normalized spacial score (nSPS) is 16.8. The van der Waals surface area contributed by atoms with Crippen LogP contribution in [0.5, 0.6) is 5.75 Å². The summed E-state index contributed by atoms with van der Waals surface area (Å²) in [5.74, 6) is -1.02. The predicted octanol–water partition coefficient (Wildman–Crippen LogP) is 4.53. The highest BCUT2D eigenvalue weighted by Crippen LogP contribution is 2.44. The maximum atomic E-state index is 12.7. The number of hydrogen-bond donors (Lipinski definition) is 0. The first-order chi connectivity index (χ1) is 10.2. The van der Waals surface area contributed by atoms with Gasteiger partial charge in [-0.25, -0.2) is 0 Å². The molecule has 1 unspecified atom stereocenters. The third-order valence-corrected chi connectivity index (χ3v) is 5.00. The predicted molar refractivity (Wildman–Crippen MR) is 80.7 cm³/mol. The summed E-state index contributed by atoms with van der Waals surface area (Å²) in [7, 11) is 0. The van der Waals surface area contributed by atoms with Crippen molar-refractivity contribution in [3.63, 3.8) is 0 Å². The van der Waals surface area contributed by atoms with Gasteiger partial charge >= 0.3 is 6.18 Å². The van der Waals surface area contributed by atoms with Gasteiger partial charge < -0.3 is 4.74 Å². The number of alkyl halides is 3. The molecule has 0 aromatic heterocycles. The lowest BCUT2D eigenvalue weighted by molar-refractivity contribution is -0.172. The number of rotatable bonds is 5. The van der Waals surface area contributed by atoms with E-state index in [0.29, 0.717) is 24.3 Å². The van der Waals surface area contributed by atoms with Crippen LogP contribution in [0.3, 0.4) is 0 Å². The molecular weight excluding hydrogens is 313 g/mol. The molecule has 0 spiro atoms. The molecule has 1 aromatic carbocycles. The number of thioether (sulfide) groups is 1. The summed E-state index contributed by atoms with van der Waals surface area (Å²) < 4.78 is 43.6. The van der Waals surface area contributed by atoms with Gasteiger partial charge in [0.15, 0.2) is 0 Å². The standard InChI is InChI=1S/C16H19F3O2S/c1-4-15(2,9-13(20)16(17,18)19)12-8-11(22-3)7-10-5-6-21-14(10)12/h7-8H,4-6,9H2,1-3H3. The monoisotopic (exact) mass is 332 g/mol. The second kappa shape index (κ2) is 6.14. The fourth-order valence-corrected chi connectivity index (χ4v) is 3.21. The molecule has 0 saturated carbocycles. The highest BCUT2D eigenvalue weighted by atomic mass is 32.2. The van der Waals surface area contributed by atoms with Crippen LogP contribution in [0.1, 0.15) is 37.8 Å². The van der Waals surface area contributed by atoms with E-state index in [2.05, 4.69) is 0 Å². The number of hydrogen-bond acceptors (Lipinski definition) is 3. The van der Waals surface area contributed by atoms with E-state index in [0.717, 1.165) is 16.9 Å². The molecule has 1 aliphatic rings. The minimum absolute atomic E-state index is 0.433. The number of fused-ring (bicyclic) bond motifs is 1. The molecule has 6 heteroatoms. The minimum atomic E-state index is -4.79. The largest absolute Gasteiger partial charge is 0.493 e. The fraction of sp³-hybridized carbons (Fsp3) is 0.562. The van der Waals surface area contributed by atoms with Crippen LogP contribution in [0, 0.1) is 0 Å². The number of halogens is 3. The maximum absolute atomic E-state index is 12.7. The van der Waals surface area contributed by atoms with Crippen molar-refractivity contribution in [1.29, 1.82) is 0 Å². The Morgan fingerprint density at radius 2 is 2.05 bits per heavy atom. The topological polar surface area (TPSA) is 26.3 Å². The lowest BCUT2D eigenvalue weighted by Crippen LogP contribution is -2.32. The first kappa shape index (κ1) is 17.2. The van der Waals surface area contributed by atoms with Gasteiger partial charge in [0.1, 0.15) is 5.75 Å². The van der Waals surface area contributed by atoms with Crippen LogP contribution >= 0.6 is 11.8 Å². The summed E-state index contributed by atoms with van der Waals surface area (Å²) in [6.45, 7) is 4.04. The van der Waals surface area contributed by atoms with Crippen molar-refractivity contribution < 1.29 is 22.7 Å². The lowest BCUT2D eigenvalue weighted by atomic mass is 9.75. The van der Waals surface area contributed by atoms with E-state index in [9.17, 15) is 18.0 Å². The molecule has 0 saturated heterocycles. The van der Waals surface area contributed by atoms with E-state index in [4.69, 9.17) is 4.74 Å². The molecule has 1 aliphatic heterocycles. The summed E-state index contributed by atoms with van der Waals surface area (Å²) in [4.78, 5) is 12.5. The van der Waals surface area contributed by atoms with Gasteiger partial charge in [0.05, 0.1) is 6.61 Å². The Morgan fingerprint density at radius 1 is 1.36 bits per heavy atom. The average Bonchev–Trinajstić information content (AvgIpc) is 2.92. The molecule has 0 aliphatic carbocycles. The molecule has 0 radical (unpaired) electrons. The van der Waals surface area contributed by atoms with Gasteiger partial charge in [-0.15, -0.1) is 11.8 Å². The molecular formula is C16H19F3O2S. The maximum Gasteiger partial charge on any atom is 0.450 e. The molecule has 122 valence electrons. The zero-order chi connectivity index (χ0) is 16.5. The van der Waals surface area contributed by atoms with Gasteiger partial charge in [-0.3, -0.25) is 4.79 Å². The number of benzene rings is 1. The summed E-state index contributed by atoms with van der Waals surface area (Å²) in [6, 6.07) is 3.88. The molecule has 0 N–H and O–H groups in total. The van der Waals surface area contributed by atoms with Gasteiger partial charge in [-0.2, -0.15) is 13.2 Å². The SMILES string of the molecule is CCC(C)(CC(=O)C(F)(F)F)c1cc(SC)cc2c1OCC2. The quantitative estimate of drug-likeness (QED) is 0.741. The molecule has 1 heterocycles. The Labute approximate surface area is 132 Å². The van der Waals surface area contributed by atoms with E-state index in [1.807, 2.05) is 18.4 Å². The minimum Gasteiger partial charge on any atom is -0.493 e. The molecule has 1 atom stereocenters. The molecule has 1 aromatic rings. The summed E-state index contributed by atoms with van der Waals surface area (Å²) in [6.07, 6.45) is -2.24. The van der Waals surface area contributed by atoms with Gasteiger partial charge in [0.25, 0.3) is 0 Å². The Kier molecular flexibility index (Phi) is 4.80. The van der Waals surface area contributed by atoms with Crippen LogP contribution in [0.2, 0.25) is 0 Å². The van der Waals surface area contributed by atoms with E-state index in [1.54, 1.807) is 13.8 Å². The van der Waals surface area contributed by atoms with E-state index < -0.39 is 23.8 Å². The van der Waals surface area contributed by atoms with Crippen molar-refractivity contribution in [2.45, 2.75) is 49.6 Å². The van der Waals surface area contributed by atoms with E-state index in [1.165, 1.54) is 11.8 Å². The first-order valence-corrected chi connectivity index (χ1v) is 8.38. The second-order valence-corrected chi connectivity index (χ2v) is 6.65. The smallest absolute Gasteiger partial charge is 0.450 e. The summed E-state index contributed by atoms with van der Waals surface area (Å²) in [5.41, 5.74) is 0.847. The van der Waals surface area contributed by atoms with Crippen LogP contribution in [-0.2, 0) is 16.6 Å². The van der Waals surface area contributed by atoms with E-state index in [-0.39, 0.29) is 0 Å². The highest BCUT2D eigenvalue weighted by Gasteiger charge is 2.43. The highest BCUT2D eigenvalue weighted by molar-refractivity contribution is 7.98. The van der Waals surface area contributed by atoms with Crippen molar-refractivity contribution in [3.8, 4) is 5.75 Å². The van der Waals surface area contributed by atoms with Gasteiger partial charge in [0, 0.05) is 28.7 Å². The number of carbonyl (C=O) groups excluding carboxylic acids is 1. The zero-order valence-corrected chi connectivity index (χ0v) is 13.7. The molecule has 22 heavy (non-hydrogen) atoms. The number of ether oxygens (including phenoxy) is 1. The van der Waals surface area contributed by atoms with Crippen LogP contribution < -0.4 is 4.74 Å². The summed E-state index contributed by atoms with van der Waals surface area (Å²) in [5, 5.41) is 0. The third kappa shape index (κ3) is 3.26. The molecule has 0 fully saturated rings. The van der Waals surface area contributed by atoms with Crippen molar-refractivity contribution in [2.75, 3.05) is 12.9 Å². The van der Waals surface area contributed by atoms with Crippen molar-refractivity contribution >= 4 is 17.5 Å². The number of ketones is 1. The Bertz CT molecular complexity index is 583. The van der Waals surface area contributed by atoms with Crippen molar-refractivity contribution in [1.82, 2.24) is 0 Å². The number of Topliss-reactive ketones (excluding diaryl/α,β-unsaturated/α-hetero) is 1. The number of carbonyl (C=O) groups is 1. The molecule has 0 bridgehead atoms. The first-order valence-electron chi connectivity index (χ1n) is 7.15. The average molecular weight is 332 g/mol. The molecule has 0 amide bonds. The Morgan fingerprint density at radius 3 is 2.59 bits per heavy atom. The summed E-state index contributed by atoms with van der Waals surface area (Å²) >= 11 is 1.54. The third-order valence-electron chi connectivity index (χ3n) is 4.29. The zero-order valence-electron chi connectivity index (χ0n) is 12.8. The van der Waals surface area contributed by atoms with Crippen molar-refractivity contribution in [2.24, 2.45) is 0 Å². The van der Waals surface area contributed by atoms with Gasteiger partial charge in [-0.05, 0) is 30.4 Å². The second-order valence-electron chi connectivity index (χ2n) is 5.77. The van der Waals surface area contributed by atoms with Crippen LogP contribution in [-0.4, -0.2) is 24.8 Å².